The number of hydrogen-bond donors (Lipinski definition) is 1. The average Bonchev–Trinajstić information content (AvgIpc) is 2.83. The summed E-state index contributed by atoms with van der Waals surface area (Å²) in [7, 11) is -2.40. The Morgan fingerprint density at radius 2 is 1.74 bits per heavy atom. The number of amides is 1. The Hall–Kier alpha value is -3.03. The van der Waals surface area contributed by atoms with Gasteiger partial charge in [-0.3, -0.25) is 9.10 Å². The van der Waals surface area contributed by atoms with E-state index in [2.05, 4.69) is 5.32 Å². The number of methoxy groups -OCH3 is 1. The zero-order valence-corrected chi connectivity index (χ0v) is 21.3. The molecule has 0 saturated carbocycles. The van der Waals surface area contributed by atoms with Crippen LogP contribution in [0.2, 0.25) is 5.02 Å². The van der Waals surface area contributed by atoms with E-state index in [1.54, 1.807) is 50.4 Å². The van der Waals surface area contributed by atoms with Crippen LogP contribution in [0.15, 0.2) is 71.6 Å². The molecular weight excluding hydrogens is 472 g/mol. The molecule has 1 amide bonds. The van der Waals surface area contributed by atoms with E-state index in [1.807, 2.05) is 32.0 Å². The molecule has 3 aromatic rings. The highest BCUT2D eigenvalue weighted by Crippen LogP contribution is 2.30. The summed E-state index contributed by atoms with van der Waals surface area (Å²) in [6.07, 6.45) is 0.638. The lowest BCUT2D eigenvalue weighted by atomic mass is 10.0. The fourth-order valence-electron chi connectivity index (χ4n) is 3.78. The van der Waals surface area contributed by atoms with Gasteiger partial charge in [-0.1, -0.05) is 54.9 Å². The van der Waals surface area contributed by atoms with Crippen LogP contribution in [0.3, 0.4) is 0 Å². The van der Waals surface area contributed by atoms with Gasteiger partial charge >= 0.3 is 0 Å². The van der Waals surface area contributed by atoms with E-state index in [-0.39, 0.29) is 17.5 Å². The van der Waals surface area contributed by atoms with Gasteiger partial charge < -0.3 is 10.1 Å². The standard InChI is InChI=1S/C26H29ClN2O4S/c1-5-23(20-12-14-25(33-4)19(3)15-20)28-26(30)17-29(24-16-21(27)13-11-18(24)2)34(31,32)22-9-7-6-8-10-22/h6-16,23H,5,17H2,1-4H3,(H,28,30)/t23-/m1/s1. The Labute approximate surface area is 206 Å². The summed E-state index contributed by atoms with van der Waals surface area (Å²) in [5.74, 6) is 0.348. The maximum Gasteiger partial charge on any atom is 0.264 e. The molecule has 0 saturated heterocycles. The van der Waals surface area contributed by atoms with Crippen molar-refractivity contribution in [3.8, 4) is 5.75 Å². The second kappa shape index (κ2) is 10.9. The molecule has 8 heteroatoms. The number of halogens is 1. The fraction of sp³-hybridized carbons (Fsp3) is 0.269. The highest BCUT2D eigenvalue weighted by atomic mass is 35.5. The summed E-state index contributed by atoms with van der Waals surface area (Å²) in [5, 5.41) is 3.37. The quantitative estimate of drug-likeness (QED) is 0.425. The van der Waals surface area contributed by atoms with Gasteiger partial charge in [-0.25, -0.2) is 8.42 Å². The number of carbonyl (C=O) groups is 1. The van der Waals surface area contributed by atoms with Crippen LogP contribution >= 0.6 is 11.6 Å². The second-order valence-corrected chi connectivity index (χ2v) is 10.3. The summed E-state index contributed by atoms with van der Waals surface area (Å²) in [6, 6.07) is 18.5. The molecule has 0 radical (unpaired) electrons. The third kappa shape index (κ3) is 5.72. The minimum Gasteiger partial charge on any atom is -0.496 e. The average molecular weight is 501 g/mol. The predicted octanol–water partition coefficient (Wildman–Crippen LogP) is 5.43. The first-order chi connectivity index (χ1) is 16.2. The van der Waals surface area contributed by atoms with Crippen molar-refractivity contribution < 1.29 is 17.9 Å². The lowest BCUT2D eigenvalue weighted by Crippen LogP contribution is -2.42. The van der Waals surface area contributed by atoms with Crippen molar-refractivity contribution in [2.45, 2.75) is 38.1 Å². The van der Waals surface area contributed by atoms with Crippen LogP contribution in [0.5, 0.6) is 5.75 Å². The third-order valence-corrected chi connectivity index (χ3v) is 7.63. The van der Waals surface area contributed by atoms with Gasteiger partial charge in [-0.2, -0.15) is 0 Å². The number of carbonyl (C=O) groups excluding carboxylic acids is 1. The Balaban J connectivity index is 1.94. The number of aryl methyl sites for hydroxylation is 2. The summed E-state index contributed by atoms with van der Waals surface area (Å²) < 4.78 is 33.6. The van der Waals surface area contributed by atoms with Crippen molar-refractivity contribution in [1.82, 2.24) is 5.32 Å². The van der Waals surface area contributed by atoms with E-state index in [9.17, 15) is 13.2 Å². The van der Waals surface area contributed by atoms with Crippen molar-refractivity contribution in [1.29, 1.82) is 0 Å². The molecule has 180 valence electrons. The van der Waals surface area contributed by atoms with E-state index in [0.717, 1.165) is 21.2 Å². The summed E-state index contributed by atoms with van der Waals surface area (Å²) in [6.45, 7) is 5.30. The first-order valence-electron chi connectivity index (χ1n) is 10.9. The molecule has 3 aromatic carbocycles. The first-order valence-corrected chi connectivity index (χ1v) is 12.8. The number of anilines is 1. The third-order valence-electron chi connectivity index (χ3n) is 5.62. The minimum absolute atomic E-state index is 0.0972. The van der Waals surface area contributed by atoms with Crippen LogP contribution in [-0.2, 0) is 14.8 Å². The number of sulfonamides is 1. The van der Waals surface area contributed by atoms with Crippen molar-refractivity contribution in [3.63, 3.8) is 0 Å². The van der Waals surface area contributed by atoms with Crippen molar-refractivity contribution in [2.24, 2.45) is 0 Å². The number of benzene rings is 3. The molecular formula is C26H29ClN2O4S. The molecule has 0 heterocycles. The van der Waals surface area contributed by atoms with E-state index < -0.39 is 15.9 Å². The topological polar surface area (TPSA) is 75.7 Å². The number of hydrogen-bond acceptors (Lipinski definition) is 4. The zero-order valence-electron chi connectivity index (χ0n) is 19.7. The summed E-state index contributed by atoms with van der Waals surface area (Å²) >= 11 is 6.19. The lowest BCUT2D eigenvalue weighted by Gasteiger charge is -2.27. The molecule has 0 unspecified atom stereocenters. The number of ether oxygens (including phenoxy) is 1. The van der Waals surface area contributed by atoms with Crippen LogP contribution in [0.1, 0.15) is 36.1 Å². The first kappa shape index (κ1) is 25.6. The van der Waals surface area contributed by atoms with Gasteiger partial charge in [0, 0.05) is 5.02 Å². The molecule has 0 aliphatic carbocycles. The van der Waals surface area contributed by atoms with Crippen LogP contribution in [-0.4, -0.2) is 28.0 Å². The zero-order chi connectivity index (χ0) is 24.9. The number of nitrogens with zero attached hydrogens (tertiary/aromatic N) is 1. The van der Waals surface area contributed by atoms with E-state index in [0.29, 0.717) is 22.7 Å². The Morgan fingerprint density at radius 3 is 2.35 bits per heavy atom. The normalized spacial score (nSPS) is 12.1. The van der Waals surface area contributed by atoms with Gasteiger partial charge in [-0.15, -0.1) is 0 Å². The van der Waals surface area contributed by atoms with Crippen LogP contribution in [0, 0.1) is 13.8 Å². The highest BCUT2D eigenvalue weighted by molar-refractivity contribution is 7.92. The molecule has 0 aromatic heterocycles. The van der Waals surface area contributed by atoms with Gasteiger partial charge in [0.2, 0.25) is 5.91 Å². The van der Waals surface area contributed by atoms with Gasteiger partial charge in [-0.05, 0) is 67.3 Å². The van der Waals surface area contributed by atoms with Crippen LogP contribution in [0.4, 0.5) is 5.69 Å². The second-order valence-electron chi connectivity index (χ2n) is 8.01. The fourth-order valence-corrected chi connectivity index (χ4v) is 5.45. The molecule has 0 bridgehead atoms. The highest BCUT2D eigenvalue weighted by Gasteiger charge is 2.29. The number of nitrogens with one attached hydrogen (secondary N) is 1. The minimum atomic E-state index is -4.01. The van der Waals surface area contributed by atoms with Gasteiger partial charge in [0.1, 0.15) is 12.3 Å². The smallest absolute Gasteiger partial charge is 0.264 e. The summed E-state index contributed by atoms with van der Waals surface area (Å²) in [4.78, 5) is 13.3. The van der Waals surface area contributed by atoms with Gasteiger partial charge in [0.25, 0.3) is 10.0 Å². The maximum atomic E-state index is 13.6. The molecule has 6 nitrogen and oxygen atoms in total. The van der Waals surface area contributed by atoms with Crippen LogP contribution in [0.25, 0.3) is 0 Å². The van der Waals surface area contributed by atoms with Crippen LogP contribution < -0.4 is 14.4 Å². The maximum absolute atomic E-state index is 13.6. The van der Waals surface area contributed by atoms with Crippen molar-refractivity contribution >= 4 is 33.2 Å². The molecule has 34 heavy (non-hydrogen) atoms. The Morgan fingerprint density at radius 1 is 1.03 bits per heavy atom. The Kier molecular flexibility index (Phi) is 8.23. The molecule has 0 aliphatic heterocycles. The molecule has 0 aliphatic rings. The van der Waals surface area contributed by atoms with E-state index >= 15 is 0 Å². The monoisotopic (exact) mass is 500 g/mol. The van der Waals surface area contributed by atoms with Gasteiger partial charge in [0.05, 0.1) is 23.7 Å². The SMILES string of the molecule is CC[C@@H](NC(=O)CN(c1cc(Cl)ccc1C)S(=O)(=O)c1ccccc1)c1ccc(OC)c(C)c1. The summed E-state index contributed by atoms with van der Waals surface area (Å²) in [5.41, 5.74) is 2.93. The van der Waals surface area contributed by atoms with Gasteiger partial charge in [0.15, 0.2) is 0 Å². The van der Waals surface area contributed by atoms with Crippen molar-refractivity contribution in [2.75, 3.05) is 18.0 Å². The molecule has 0 spiro atoms. The predicted molar refractivity (Wildman–Crippen MR) is 136 cm³/mol. The number of rotatable bonds is 9. The van der Waals surface area contributed by atoms with E-state index in [4.69, 9.17) is 16.3 Å². The molecule has 1 N–H and O–H groups in total. The molecule has 3 rings (SSSR count). The lowest BCUT2D eigenvalue weighted by molar-refractivity contribution is -0.120. The Bertz CT molecular complexity index is 1260. The van der Waals surface area contributed by atoms with E-state index in [1.165, 1.54) is 12.1 Å². The molecule has 0 fully saturated rings. The van der Waals surface area contributed by atoms with Crippen molar-refractivity contribution in [3.05, 3.63) is 88.4 Å². The molecule has 1 atom stereocenters. The largest absolute Gasteiger partial charge is 0.496 e.